The summed E-state index contributed by atoms with van der Waals surface area (Å²) >= 11 is 1.60. The van der Waals surface area contributed by atoms with Gasteiger partial charge < -0.3 is 9.84 Å². The zero-order chi connectivity index (χ0) is 12.8. The molecule has 0 saturated carbocycles. The molecule has 0 fully saturated rings. The van der Waals surface area contributed by atoms with E-state index in [1.807, 2.05) is 16.8 Å². The van der Waals surface area contributed by atoms with E-state index in [4.69, 9.17) is 0 Å². The maximum Gasteiger partial charge on any atom is 0.314 e. The molecular weight excluding hydrogens is 254 g/mol. The van der Waals surface area contributed by atoms with E-state index in [-0.39, 0.29) is 5.82 Å². The molecule has 0 saturated heterocycles. The summed E-state index contributed by atoms with van der Waals surface area (Å²) in [4.78, 5) is 22.8. The Morgan fingerprint density at radius 1 is 1.33 bits per heavy atom. The molecule has 2 rings (SSSR count). The third-order valence-corrected chi connectivity index (χ3v) is 2.90. The molecule has 2 N–H and O–H groups in total. The molecule has 94 valence electrons. The third kappa shape index (κ3) is 3.42. The largest absolute Gasteiger partial charge is 0.363 e. The van der Waals surface area contributed by atoms with Crippen LogP contribution in [0.1, 0.15) is 5.56 Å². The zero-order valence-corrected chi connectivity index (χ0v) is 10.2. The number of hydrogen-bond donors (Lipinski definition) is 2. The van der Waals surface area contributed by atoms with Crippen molar-refractivity contribution in [2.45, 2.75) is 6.42 Å². The van der Waals surface area contributed by atoms with Crippen LogP contribution in [0.25, 0.3) is 0 Å². The van der Waals surface area contributed by atoms with E-state index in [1.165, 1.54) is 12.3 Å². The van der Waals surface area contributed by atoms with Gasteiger partial charge in [-0.2, -0.15) is 11.3 Å². The van der Waals surface area contributed by atoms with Crippen LogP contribution < -0.4 is 10.6 Å². The molecular formula is C11H11N3O3S. The molecule has 0 radical (unpaired) electrons. The summed E-state index contributed by atoms with van der Waals surface area (Å²) in [6.45, 7) is 0.418. The minimum atomic E-state index is -0.755. The lowest BCUT2D eigenvalue weighted by Crippen LogP contribution is -2.36. The summed E-state index contributed by atoms with van der Waals surface area (Å²) in [6, 6.07) is 3.43. The Kier molecular flexibility index (Phi) is 4.08. The fourth-order valence-electron chi connectivity index (χ4n) is 1.29. The van der Waals surface area contributed by atoms with Crippen LogP contribution in [-0.2, 0) is 16.0 Å². The number of thiophene rings is 1. The second-order valence-corrected chi connectivity index (χ2v) is 4.26. The number of carbonyl (C=O) groups excluding carboxylic acids is 2. The SMILES string of the molecule is O=C(NCCc1ccsc1)C(=O)Nc1ccon1. The van der Waals surface area contributed by atoms with Crippen molar-refractivity contribution >= 4 is 29.0 Å². The summed E-state index contributed by atoms with van der Waals surface area (Å²) in [7, 11) is 0. The van der Waals surface area contributed by atoms with Crippen molar-refractivity contribution in [1.82, 2.24) is 10.5 Å². The molecule has 0 aliphatic carbocycles. The first-order valence-electron chi connectivity index (χ1n) is 5.26. The highest BCUT2D eigenvalue weighted by atomic mass is 32.1. The molecule has 2 aromatic rings. The lowest BCUT2D eigenvalue weighted by molar-refractivity contribution is -0.136. The fraction of sp³-hybridized carbons (Fsp3) is 0.182. The first-order valence-corrected chi connectivity index (χ1v) is 6.20. The predicted octanol–water partition coefficient (Wildman–Crippen LogP) is 1.03. The smallest absolute Gasteiger partial charge is 0.314 e. The molecule has 0 spiro atoms. The third-order valence-electron chi connectivity index (χ3n) is 2.16. The van der Waals surface area contributed by atoms with Crippen LogP contribution in [0.15, 0.2) is 33.7 Å². The fourth-order valence-corrected chi connectivity index (χ4v) is 1.99. The van der Waals surface area contributed by atoms with Crippen molar-refractivity contribution in [2.75, 3.05) is 11.9 Å². The molecule has 7 heteroatoms. The summed E-state index contributed by atoms with van der Waals surface area (Å²) in [5, 5.41) is 12.3. The van der Waals surface area contributed by atoms with E-state index in [2.05, 4.69) is 20.3 Å². The van der Waals surface area contributed by atoms with Crippen LogP contribution in [0.4, 0.5) is 5.82 Å². The first kappa shape index (κ1) is 12.3. The van der Waals surface area contributed by atoms with Gasteiger partial charge in [0.1, 0.15) is 6.26 Å². The van der Waals surface area contributed by atoms with Gasteiger partial charge in [-0.05, 0) is 28.8 Å². The van der Waals surface area contributed by atoms with Crippen molar-refractivity contribution in [3.8, 4) is 0 Å². The van der Waals surface area contributed by atoms with Gasteiger partial charge in [-0.3, -0.25) is 14.9 Å². The van der Waals surface area contributed by atoms with Crippen molar-refractivity contribution in [2.24, 2.45) is 0 Å². The van der Waals surface area contributed by atoms with Gasteiger partial charge in [-0.25, -0.2) is 0 Å². The molecule has 0 aromatic carbocycles. The Labute approximate surface area is 107 Å². The summed E-state index contributed by atoms with van der Waals surface area (Å²) in [5.74, 6) is -1.23. The number of amides is 2. The number of anilines is 1. The normalized spacial score (nSPS) is 10.0. The van der Waals surface area contributed by atoms with Crippen LogP contribution >= 0.6 is 11.3 Å². The van der Waals surface area contributed by atoms with Crippen LogP contribution in [0.2, 0.25) is 0 Å². The van der Waals surface area contributed by atoms with Gasteiger partial charge in [0.2, 0.25) is 0 Å². The van der Waals surface area contributed by atoms with E-state index in [0.717, 1.165) is 5.56 Å². The van der Waals surface area contributed by atoms with E-state index in [1.54, 1.807) is 11.3 Å². The van der Waals surface area contributed by atoms with Crippen LogP contribution in [0, 0.1) is 0 Å². The van der Waals surface area contributed by atoms with Gasteiger partial charge in [0.05, 0.1) is 0 Å². The van der Waals surface area contributed by atoms with Gasteiger partial charge in [0.15, 0.2) is 5.82 Å². The maximum absolute atomic E-state index is 11.4. The van der Waals surface area contributed by atoms with Gasteiger partial charge in [-0.15, -0.1) is 0 Å². The highest BCUT2D eigenvalue weighted by Gasteiger charge is 2.14. The molecule has 0 bridgehead atoms. The number of aromatic nitrogens is 1. The molecule has 0 unspecified atom stereocenters. The van der Waals surface area contributed by atoms with Crippen molar-refractivity contribution in [1.29, 1.82) is 0 Å². The lowest BCUT2D eigenvalue weighted by Gasteiger charge is -2.03. The molecule has 0 aliphatic rings. The average molecular weight is 265 g/mol. The van der Waals surface area contributed by atoms with E-state index in [9.17, 15) is 9.59 Å². The monoisotopic (exact) mass is 265 g/mol. The Morgan fingerprint density at radius 3 is 2.89 bits per heavy atom. The van der Waals surface area contributed by atoms with E-state index in [0.29, 0.717) is 13.0 Å². The standard InChI is InChI=1S/C11H11N3O3S/c15-10(11(16)13-9-2-5-17-14-9)12-4-1-8-3-6-18-7-8/h2-3,5-7H,1,4H2,(H,12,15)(H,13,14,16). The average Bonchev–Trinajstić information content (AvgIpc) is 3.01. The molecule has 2 aromatic heterocycles. The van der Waals surface area contributed by atoms with Gasteiger partial charge in [0.25, 0.3) is 0 Å². The zero-order valence-electron chi connectivity index (χ0n) is 9.38. The van der Waals surface area contributed by atoms with Crippen LogP contribution in [-0.4, -0.2) is 23.5 Å². The van der Waals surface area contributed by atoms with Gasteiger partial charge >= 0.3 is 11.8 Å². The quantitative estimate of drug-likeness (QED) is 0.809. The molecule has 6 nitrogen and oxygen atoms in total. The number of rotatable bonds is 4. The van der Waals surface area contributed by atoms with Gasteiger partial charge in [0, 0.05) is 12.6 Å². The lowest BCUT2D eigenvalue weighted by atomic mass is 10.2. The van der Waals surface area contributed by atoms with Gasteiger partial charge in [-0.1, -0.05) is 5.16 Å². The Morgan fingerprint density at radius 2 is 2.22 bits per heavy atom. The topological polar surface area (TPSA) is 84.2 Å². The number of nitrogens with zero attached hydrogens (tertiary/aromatic N) is 1. The van der Waals surface area contributed by atoms with Crippen LogP contribution in [0.5, 0.6) is 0 Å². The summed E-state index contributed by atoms with van der Waals surface area (Å²) in [5.41, 5.74) is 1.14. The first-order chi connectivity index (χ1) is 8.75. The number of nitrogens with one attached hydrogen (secondary N) is 2. The Bertz CT molecular complexity index is 508. The molecule has 2 amide bonds. The van der Waals surface area contributed by atoms with E-state index < -0.39 is 11.8 Å². The molecule has 2 heterocycles. The highest BCUT2D eigenvalue weighted by Crippen LogP contribution is 2.05. The molecule has 18 heavy (non-hydrogen) atoms. The number of hydrogen-bond acceptors (Lipinski definition) is 5. The molecule has 0 atom stereocenters. The second kappa shape index (κ2) is 5.97. The van der Waals surface area contributed by atoms with Crippen LogP contribution in [0.3, 0.4) is 0 Å². The number of carbonyl (C=O) groups is 2. The predicted molar refractivity (Wildman–Crippen MR) is 66.2 cm³/mol. The summed E-state index contributed by atoms with van der Waals surface area (Å²) in [6.07, 6.45) is 2.01. The highest BCUT2D eigenvalue weighted by molar-refractivity contribution is 7.07. The summed E-state index contributed by atoms with van der Waals surface area (Å²) < 4.78 is 4.53. The maximum atomic E-state index is 11.4. The second-order valence-electron chi connectivity index (χ2n) is 3.48. The minimum absolute atomic E-state index is 0.216. The molecule has 0 aliphatic heterocycles. The van der Waals surface area contributed by atoms with Crippen molar-refractivity contribution in [3.63, 3.8) is 0 Å². The minimum Gasteiger partial charge on any atom is -0.363 e. The Balaban J connectivity index is 1.72. The van der Waals surface area contributed by atoms with Crippen molar-refractivity contribution < 1.29 is 14.1 Å². The van der Waals surface area contributed by atoms with E-state index >= 15 is 0 Å². The Hall–Kier alpha value is -2.15. The van der Waals surface area contributed by atoms with Crippen molar-refractivity contribution in [3.05, 3.63) is 34.7 Å².